The zero-order valence-electron chi connectivity index (χ0n) is 11.1. The largest absolute Gasteiger partial charge is 0.480 e. The van der Waals surface area contributed by atoms with Crippen LogP contribution in [0.2, 0.25) is 0 Å². The highest BCUT2D eigenvalue weighted by Gasteiger charge is 2.22. The van der Waals surface area contributed by atoms with Crippen LogP contribution < -0.4 is 5.73 Å². The van der Waals surface area contributed by atoms with Crippen LogP contribution in [-0.2, 0) is 9.59 Å². The maximum atomic E-state index is 12.1. The van der Waals surface area contributed by atoms with Gasteiger partial charge < -0.3 is 15.7 Å². The Hall–Kier alpha value is -2.97. The van der Waals surface area contributed by atoms with E-state index in [-0.39, 0.29) is 16.8 Å². The normalized spacial score (nSPS) is 9.95. The first-order chi connectivity index (χ1) is 9.72. The lowest BCUT2D eigenvalue weighted by molar-refractivity contribution is -0.385. The molecule has 0 saturated carbocycles. The van der Waals surface area contributed by atoms with Crippen molar-refractivity contribution in [3.05, 3.63) is 39.4 Å². The third-order valence-electron chi connectivity index (χ3n) is 2.60. The Morgan fingerprint density at radius 1 is 1.33 bits per heavy atom. The molecule has 0 unspecified atom stereocenters. The average Bonchev–Trinajstić information content (AvgIpc) is 2.35. The average molecular weight is 295 g/mol. The van der Waals surface area contributed by atoms with E-state index in [2.05, 4.69) is 0 Å². The summed E-state index contributed by atoms with van der Waals surface area (Å²) < 4.78 is 0. The molecule has 0 aromatic heterocycles. The summed E-state index contributed by atoms with van der Waals surface area (Å²) in [5.74, 6) is -2.90. The summed E-state index contributed by atoms with van der Waals surface area (Å²) in [7, 11) is 0. The summed E-state index contributed by atoms with van der Waals surface area (Å²) in [5, 5.41) is 19.4. The van der Waals surface area contributed by atoms with Crippen molar-refractivity contribution in [2.75, 3.05) is 13.1 Å². The molecule has 0 aliphatic carbocycles. The molecular weight excluding hydrogens is 282 g/mol. The monoisotopic (exact) mass is 295 g/mol. The van der Waals surface area contributed by atoms with Crippen molar-refractivity contribution in [1.29, 1.82) is 0 Å². The first kappa shape index (κ1) is 16.1. The number of carboxylic acid groups (broad SMARTS) is 1. The molecule has 2 amide bonds. The quantitative estimate of drug-likeness (QED) is 0.554. The van der Waals surface area contributed by atoms with Crippen molar-refractivity contribution in [2.24, 2.45) is 5.73 Å². The van der Waals surface area contributed by atoms with Gasteiger partial charge >= 0.3 is 5.97 Å². The minimum atomic E-state index is -1.30. The van der Waals surface area contributed by atoms with Gasteiger partial charge in [-0.25, -0.2) is 0 Å². The van der Waals surface area contributed by atoms with Crippen molar-refractivity contribution in [3.63, 3.8) is 0 Å². The van der Waals surface area contributed by atoms with E-state index in [1.165, 1.54) is 19.1 Å². The van der Waals surface area contributed by atoms with Crippen molar-refractivity contribution < 1.29 is 24.4 Å². The number of nitrogens with two attached hydrogens (primary N) is 1. The molecule has 0 atom stereocenters. The highest BCUT2D eigenvalue weighted by atomic mass is 16.6. The molecule has 0 radical (unpaired) electrons. The number of primary amides is 1. The van der Waals surface area contributed by atoms with Crippen LogP contribution in [0.4, 0.5) is 5.69 Å². The third kappa shape index (κ3) is 4.27. The molecule has 0 bridgehead atoms. The number of hydrogen-bond donors (Lipinski definition) is 2. The van der Waals surface area contributed by atoms with Crippen LogP contribution in [0.15, 0.2) is 18.2 Å². The van der Waals surface area contributed by atoms with E-state index in [1.807, 2.05) is 0 Å². The molecule has 21 heavy (non-hydrogen) atoms. The lowest BCUT2D eigenvalue weighted by Gasteiger charge is -2.19. The van der Waals surface area contributed by atoms with E-state index < -0.39 is 35.8 Å². The lowest BCUT2D eigenvalue weighted by atomic mass is 10.1. The van der Waals surface area contributed by atoms with Gasteiger partial charge in [0.1, 0.15) is 13.1 Å². The van der Waals surface area contributed by atoms with E-state index in [1.54, 1.807) is 0 Å². The Morgan fingerprint density at radius 2 is 1.95 bits per heavy atom. The predicted molar refractivity (Wildman–Crippen MR) is 70.6 cm³/mol. The molecule has 1 rings (SSSR count). The van der Waals surface area contributed by atoms with Crippen LogP contribution in [0, 0.1) is 17.0 Å². The zero-order valence-corrected chi connectivity index (χ0v) is 11.1. The summed E-state index contributed by atoms with van der Waals surface area (Å²) in [4.78, 5) is 44.6. The highest BCUT2D eigenvalue weighted by Crippen LogP contribution is 2.19. The lowest BCUT2D eigenvalue weighted by Crippen LogP contribution is -2.41. The van der Waals surface area contributed by atoms with Gasteiger partial charge in [-0.3, -0.25) is 24.5 Å². The zero-order chi connectivity index (χ0) is 16.2. The first-order valence-corrected chi connectivity index (χ1v) is 5.76. The van der Waals surface area contributed by atoms with Gasteiger partial charge in [0, 0.05) is 17.2 Å². The number of nitro groups is 1. The molecule has 1 aromatic rings. The number of carbonyl (C=O) groups is 3. The molecule has 0 saturated heterocycles. The fraction of sp³-hybridized carbons (Fsp3) is 0.250. The predicted octanol–water partition coefficient (Wildman–Crippen LogP) is -0.0847. The number of aliphatic carboxylic acids is 1. The van der Waals surface area contributed by atoms with Crippen molar-refractivity contribution in [1.82, 2.24) is 4.90 Å². The van der Waals surface area contributed by atoms with Crippen molar-refractivity contribution >= 4 is 23.5 Å². The van der Waals surface area contributed by atoms with E-state index in [9.17, 15) is 24.5 Å². The summed E-state index contributed by atoms with van der Waals surface area (Å²) in [6, 6.07) is 3.60. The maximum Gasteiger partial charge on any atom is 0.323 e. The number of nitro benzene ring substituents is 1. The molecule has 0 spiro atoms. The van der Waals surface area contributed by atoms with Crippen LogP contribution in [0.25, 0.3) is 0 Å². The standard InChI is InChI=1S/C12H13N3O6/c1-7-4-8(2-3-9(7)15(20)21)12(19)14(5-10(13)16)6-11(17)18/h2-4H,5-6H2,1H3,(H2,13,16)(H,17,18). The van der Waals surface area contributed by atoms with Gasteiger partial charge in [0.2, 0.25) is 5.91 Å². The summed E-state index contributed by atoms with van der Waals surface area (Å²) in [6.07, 6.45) is 0. The van der Waals surface area contributed by atoms with Gasteiger partial charge in [-0.1, -0.05) is 0 Å². The van der Waals surface area contributed by atoms with Gasteiger partial charge in [0.05, 0.1) is 4.92 Å². The van der Waals surface area contributed by atoms with E-state index in [0.717, 1.165) is 11.0 Å². The van der Waals surface area contributed by atoms with E-state index in [4.69, 9.17) is 10.8 Å². The topological polar surface area (TPSA) is 144 Å². The van der Waals surface area contributed by atoms with Crippen molar-refractivity contribution in [3.8, 4) is 0 Å². The maximum absolute atomic E-state index is 12.1. The van der Waals surface area contributed by atoms with Gasteiger partial charge in [0.25, 0.3) is 11.6 Å². The molecule has 1 aromatic carbocycles. The number of nitrogens with zero attached hydrogens (tertiary/aromatic N) is 2. The first-order valence-electron chi connectivity index (χ1n) is 5.76. The fourth-order valence-corrected chi connectivity index (χ4v) is 1.73. The Morgan fingerprint density at radius 3 is 2.38 bits per heavy atom. The van der Waals surface area contributed by atoms with Gasteiger partial charge in [-0.15, -0.1) is 0 Å². The van der Waals surface area contributed by atoms with Gasteiger partial charge in [0.15, 0.2) is 0 Å². The third-order valence-corrected chi connectivity index (χ3v) is 2.60. The van der Waals surface area contributed by atoms with Gasteiger partial charge in [-0.05, 0) is 19.1 Å². The van der Waals surface area contributed by atoms with Crippen LogP contribution in [0.3, 0.4) is 0 Å². The number of aryl methyl sites for hydroxylation is 1. The minimum Gasteiger partial charge on any atom is -0.480 e. The number of hydrogen-bond acceptors (Lipinski definition) is 5. The fourth-order valence-electron chi connectivity index (χ4n) is 1.73. The molecule has 112 valence electrons. The number of carbonyl (C=O) groups excluding carboxylic acids is 2. The summed E-state index contributed by atoms with van der Waals surface area (Å²) in [6.45, 7) is 0.198. The highest BCUT2D eigenvalue weighted by molar-refractivity contribution is 5.98. The number of amides is 2. The number of carboxylic acids is 1. The molecule has 9 nitrogen and oxygen atoms in total. The second kappa shape index (κ2) is 6.46. The van der Waals surface area contributed by atoms with Gasteiger partial charge in [-0.2, -0.15) is 0 Å². The Kier molecular flexibility index (Phi) is 4.95. The summed E-state index contributed by atoms with van der Waals surface area (Å²) >= 11 is 0. The minimum absolute atomic E-state index is 0.0422. The number of benzene rings is 1. The Labute approximate surface area is 119 Å². The molecule has 0 heterocycles. The molecular formula is C12H13N3O6. The second-order valence-corrected chi connectivity index (χ2v) is 4.28. The summed E-state index contributed by atoms with van der Waals surface area (Å²) in [5.41, 5.74) is 5.10. The van der Waals surface area contributed by atoms with E-state index >= 15 is 0 Å². The molecule has 3 N–H and O–H groups in total. The Balaban J connectivity index is 3.08. The SMILES string of the molecule is Cc1cc(C(=O)N(CC(N)=O)CC(=O)O)ccc1[N+](=O)[O-]. The molecule has 9 heteroatoms. The van der Waals surface area contributed by atoms with E-state index in [0.29, 0.717) is 0 Å². The van der Waals surface area contributed by atoms with Crippen molar-refractivity contribution in [2.45, 2.75) is 6.92 Å². The van der Waals surface area contributed by atoms with Crippen LogP contribution >= 0.6 is 0 Å². The molecule has 0 aliphatic heterocycles. The van der Waals surface area contributed by atoms with Crippen LogP contribution in [0.1, 0.15) is 15.9 Å². The second-order valence-electron chi connectivity index (χ2n) is 4.28. The molecule has 0 fully saturated rings. The van der Waals surface area contributed by atoms with Crippen LogP contribution in [-0.4, -0.2) is 45.8 Å². The number of rotatable bonds is 6. The smallest absolute Gasteiger partial charge is 0.323 e. The molecule has 0 aliphatic rings. The Bertz CT molecular complexity index is 597. The van der Waals surface area contributed by atoms with Crippen LogP contribution in [0.5, 0.6) is 0 Å².